The zero-order valence-corrected chi connectivity index (χ0v) is 9.50. The van der Waals surface area contributed by atoms with Crippen molar-refractivity contribution in [2.24, 2.45) is 5.92 Å². The van der Waals surface area contributed by atoms with Crippen molar-refractivity contribution in [3.05, 3.63) is 29.1 Å². The van der Waals surface area contributed by atoms with Crippen LogP contribution in [0, 0.1) is 5.92 Å². The number of aromatic amines is 1. The number of nitrogens with one attached hydrogen (secondary N) is 1. The fourth-order valence-corrected chi connectivity index (χ4v) is 2.43. The number of aldehydes is 1. The van der Waals surface area contributed by atoms with Crippen LogP contribution >= 0.6 is 0 Å². The molecule has 1 aromatic heterocycles. The van der Waals surface area contributed by atoms with Crippen molar-refractivity contribution < 1.29 is 4.79 Å². The molecule has 0 saturated heterocycles. The minimum Gasteiger partial charge on any atom is -0.364 e. The number of H-pyrrole nitrogens is 1. The van der Waals surface area contributed by atoms with Gasteiger partial charge in [0.2, 0.25) is 0 Å². The Kier molecular flexibility index (Phi) is 2.51. The van der Waals surface area contributed by atoms with E-state index in [0.29, 0.717) is 11.8 Å². The smallest absolute Gasteiger partial charge is 0.150 e. The van der Waals surface area contributed by atoms with Crippen molar-refractivity contribution in [2.45, 2.75) is 33.1 Å². The van der Waals surface area contributed by atoms with Crippen LogP contribution in [0.15, 0.2) is 17.8 Å². The Morgan fingerprint density at radius 1 is 1.53 bits per heavy atom. The second-order valence-corrected chi connectivity index (χ2v) is 4.62. The molecule has 2 rings (SSSR count). The molecule has 1 aliphatic carbocycles. The first kappa shape index (κ1) is 10.2. The molecule has 0 saturated carbocycles. The zero-order chi connectivity index (χ0) is 11.0. The molecule has 0 aliphatic heterocycles. The van der Waals surface area contributed by atoms with E-state index in [0.717, 1.165) is 23.8 Å². The number of aromatic nitrogens is 1. The predicted molar refractivity (Wildman–Crippen MR) is 61.6 cm³/mol. The van der Waals surface area contributed by atoms with Crippen molar-refractivity contribution in [1.29, 1.82) is 0 Å². The first-order valence-electron chi connectivity index (χ1n) is 5.51. The van der Waals surface area contributed by atoms with Crippen LogP contribution in [0.4, 0.5) is 0 Å². The molecule has 0 radical (unpaired) electrons. The molecule has 1 aliphatic rings. The summed E-state index contributed by atoms with van der Waals surface area (Å²) in [7, 11) is 0. The van der Waals surface area contributed by atoms with Crippen LogP contribution in [-0.2, 0) is 4.79 Å². The van der Waals surface area contributed by atoms with Crippen molar-refractivity contribution >= 4 is 11.9 Å². The third kappa shape index (κ3) is 1.54. The van der Waals surface area contributed by atoms with Crippen LogP contribution in [0.5, 0.6) is 0 Å². The molecule has 0 bridgehead atoms. The molecule has 2 heteroatoms. The van der Waals surface area contributed by atoms with Crippen LogP contribution < -0.4 is 0 Å². The molecule has 0 aromatic carbocycles. The largest absolute Gasteiger partial charge is 0.364 e. The highest BCUT2D eigenvalue weighted by Gasteiger charge is 2.25. The first-order valence-corrected chi connectivity index (χ1v) is 5.51. The lowest BCUT2D eigenvalue weighted by Gasteiger charge is -2.25. The Morgan fingerprint density at radius 3 is 2.87 bits per heavy atom. The highest BCUT2D eigenvalue weighted by atomic mass is 16.1. The Bertz CT molecular complexity index is 412. The molecule has 1 aromatic rings. The minimum absolute atomic E-state index is 0.454. The molecular formula is C13H17NO. The van der Waals surface area contributed by atoms with Gasteiger partial charge in [-0.05, 0) is 18.4 Å². The number of carbonyl (C=O) groups excluding carboxylic acids is 1. The van der Waals surface area contributed by atoms with Gasteiger partial charge in [0, 0.05) is 28.9 Å². The van der Waals surface area contributed by atoms with Crippen LogP contribution in [0.1, 0.15) is 44.4 Å². The Labute approximate surface area is 90.4 Å². The molecule has 80 valence electrons. The minimum atomic E-state index is 0.454. The number of hydrogen-bond donors (Lipinski definition) is 1. The Balaban J connectivity index is 2.59. The molecule has 1 atom stereocenters. The van der Waals surface area contributed by atoms with E-state index in [1.165, 1.54) is 11.3 Å². The van der Waals surface area contributed by atoms with E-state index in [4.69, 9.17) is 0 Å². The van der Waals surface area contributed by atoms with E-state index in [1.54, 1.807) is 0 Å². The second kappa shape index (κ2) is 3.69. The van der Waals surface area contributed by atoms with Gasteiger partial charge in [-0.2, -0.15) is 0 Å². The maximum Gasteiger partial charge on any atom is 0.150 e. The first-order chi connectivity index (χ1) is 7.15. The van der Waals surface area contributed by atoms with Gasteiger partial charge < -0.3 is 4.98 Å². The van der Waals surface area contributed by atoms with E-state index >= 15 is 0 Å². The summed E-state index contributed by atoms with van der Waals surface area (Å²) in [5, 5.41) is 0. The average molecular weight is 203 g/mol. The molecule has 1 unspecified atom stereocenters. The van der Waals surface area contributed by atoms with Gasteiger partial charge in [-0.15, -0.1) is 0 Å². The molecule has 0 fully saturated rings. The lowest BCUT2D eigenvalue weighted by molar-refractivity contribution is -0.103. The lowest BCUT2D eigenvalue weighted by Crippen LogP contribution is -2.12. The van der Waals surface area contributed by atoms with Gasteiger partial charge >= 0.3 is 0 Å². The van der Waals surface area contributed by atoms with Crippen molar-refractivity contribution in [2.75, 3.05) is 0 Å². The highest BCUT2D eigenvalue weighted by Crippen LogP contribution is 2.39. The normalized spacial score (nSPS) is 20.7. The summed E-state index contributed by atoms with van der Waals surface area (Å²) in [5.41, 5.74) is 4.51. The quantitative estimate of drug-likeness (QED) is 0.736. The van der Waals surface area contributed by atoms with Crippen molar-refractivity contribution in [3.8, 4) is 0 Å². The Hall–Kier alpha value is -1.31. The molecule has 1 heterocycles. The van der Waals surface area contributed by atoms with Gasteiger partial charge in [0.25, 0.3) is 0 Å². The van der Waals surface area contributed by atoms with Gasteiger partial charge in [0.1, 0.15) is 0 Å². The molecular weight excluding hydrogens is 186 g/mol. The Morgan fingerprint density at radius 2 is 2.27 bits per heavy atom. The molecule has 0 spiro atoms. The summed E-state index contributed by atoms with van der Waals surface area (Å²) in [5.74, 6) is 0.951. The number of hydrogen-bond acceptors (Lipinski definition) is 1. The number of rotatable bonds is 2. The third-order valence-corrected chi connectivity index (χ3v) is 3.25. The topological polar surface area (TPSA) is 32.9 Å². The monoisotopic (exact) mass is 203 g/mol. The summed E-state index contributed by atoms with van der Waals surface area (Å²) in [6, 6.07) is 2.01. The maximum absolute atomic E-state index is 11.2. The van der Waals surface area contributed by atoms with Gasteiger partial charge in [0.05, 0.1) is 0 Å². The zero-order valence-electron chi connectivity index (χ0n) is 9.50. The van der Waals surface area contributed by atoms with E-state index < -0.39 is 0 Å². The van der Waals surface area contributed by atoms with Gasteiger partial charge in [-0.25, -0.2) is 0 Å². The predicted octanol–water partition coefficient (Wildman–Crippen LogP) is 3.13. The van der Waals surface area contributed by atoms with E-state index in [-0.39, 0.29) is 0 Å². The van der Waals surface area contributed by atoms with Crippen molar-refractivity contribution in [3.63, 3.8) is 0 Å². The number of fused-ring (bicyclic) bond motifs is 1. The second-order valence-electron chi connectivity index (χ2n) is 4.62. The number of carbonyl (C=O) groups is 1. The SMILES string of the molecule is CC(C)C1=C(C=O)c2cc[nH]c2C(C)C1. The molecule has 1 N–H and O–H groups in total. The fourth-order valence-electron chi connectivity index (χ4n) is 2.43. The molecule has 15 heavy (non-hydrogen) atoms. The van der Waals surface area contributed by atoms with Crippen LogP contribution in [0.3, 0.4) is 0 Å². The van der Waals surface area contributed by atoms with Gasteiger partial charge in [-0.1, -0.05) is 26.3 Å². The van der Waals surface area contributed by atoms with Crippen LogP contribution in [-0.4, -0.2) is 11.3 Å². The van der Waals surface area contributed by atoms with Gasteiger partial charge in [-0.3, -0.25) is 4.79 Å². The summed E-state index contributed by atoms with van der Waals surface area (Å²) in [4.78, 5) is 14.4. The maximum atomic E-state index is 11.2. The molecule has 2 nitrogen and oxygen atoms in total. The summed E-state index contributed by atoms with van der Waals surface area (Å²) >= 11 is 0. The molecule has 0 amide bonds. The van der Waals surface area contributed by atoms with E-state index in [2.05, 4.69) is 25.8 Å². The average Bonchev–Trinajstić information content (AvgIpc) is 2.66. The summed E-state index contributed by atoms with van der Waals surface area (Å²) in [6.07, 6.45) is 3.93. The van der Waals surface area contributed by atoms with E-state index in [9.17, 15) is 4.79 Å². The highest BCUT2D eigenvalue weighted by molar-refractivity contribution is 6.09. The summed E-state index contributed by atoms with van der Waals surface area (Å²) < 4.78 is 0. The van der Waals surface area contributed by atoms with E-state index in [1.807, 2.05) is 12.3 Å². The van der Waals surface area contributed by atoms with Crippen LogP contribution in [0.25, 0.3) is 5.57 Å². The fraction of sp³-hybridized carbons (Fsp3) is 0.462. The standard InChI is InChI=1S/C13H17NO/c1-8(2)11-6-9(3)13-10(4-5-14-13)12(11)7-15/h4-5,7-9,14H,6H2,1-3H3. The van der Waals surface area contributed by atoms with Crippen LogP contribution in [0.2, 0.25) is 0 Å². The summed E-state index contributed by atoms with van der Waals surface area (Å²) in [6.45, 7) is 6.52. The lowest BCUT2D eigenvalue weighted by atomic mass is 9.80. The van der Waals surface area contributed by atoms with Crippen molar-refractivity contribution in [1.82, 2.24) is 4.98 Å². The number of allylic oxidation sites excluding steroid dienone is 2. The third-order valence-electron chi connectivity index (χ3n) is 3.25. The van der Waals surface area contributed by atoms with Gasteiger partial charge in [0.15, 0.2) is 6.29 Å².